The number of nitrogens with zero attached hydrogens (tertiary/aromatic N) is 3. The Kier molecular flexibility index (Phi) is 5.04. The molecule has 0 N–H and O–H groups in total. The van der Waals surface area contributed by atoms with Crippen LogP contribution < -0.4 is 0 Å². The highest BCUT2D eigenvalue weighted by Gasteiger charge is 2.16. The van der Waals surface area contributed by atoms with E-state index in [1.807, 2.05) is 10.6 Å². The lowest BCUT2D eigenvalue weighted by Gasteiger charge is -2.12. The standard InChI is InChI=1S/C20H22FN3/c1-3-5-8-15(7-4-2)18-13-16-9-10-17(21)14-19(16)24(18)20-22-11-6-12-23-20/h6,8-14H,3-5,7H2,1-2H3/b15-8+. The van der Waals surface area contributed by atoms with E-state index in [0.29, 0.717) is 5.95 Å². The van der Waals surface area contributed by atoms with Gasteiger partial charge in [-0.05, 0) is 48.7 Å². The van der Waals surface area contributed by atoms with Gasteiger partial charge < -0.3 is 0 Å². The topological polar surface area (TPSA) is 30.7 Å². The highest BCUT2D eigenvalue weighted by molar-refractivity contribution is 5.87. The summed E-state index contributed by atoms with van der Waals surface area (Å²) in [6.45, 7) is 4.34. The Labute approximate surface area is 141 Å². The maximum atomic E-state index is 13.8. The van der Waals surface area contributed by atoms with E-state index in [2.05, 4.69) is 36.0 Å². The molecule has 0 aliphatic carbocycles. The lowest BCUT2D eigenvalue weighted by atomic mass is 10.0. The van der Waals surface area contributed by atoms with Crippen molar-refractivity contribution >= 4 is 16.5 Å². The van der Waals surface area contributed by atoms with E-state index in [4.69, 9.17) is 0 Å². The molecule has 2 aromatic heterocycles. The van der Waals surface area contributed by atoms with Gasteiger partial charge in [0.2, 0.25) is 5.95 Å². The van der Waals surface area contributed by atoms with Gasteiger partial charge in [0.15, 0.2) is 0 Å². The van der Waals surface area contributed by atoms with E-state index in [-0.39, 0.29) is 5.82 Å². The fourth-order valence-electron chi connectivity index (χ4n) is 2.96. The van der Waals surface area contributed by atoms with Crippen LogP contribution in [0, 0.1) is 5.82 Å². The summed E-state index contributed by atoms with van der Waals surface area (Å²) in [5, 5.41) is 0.998. The molecule has 0 aliphatic heterocycles. The summed E-state index contributed by atoms with van der Waals surface area (Å²) >= 11 is 0. The summed E-state index contributed by atoms with van der Waals surface area (Å²) in [5.74, 6) is 0.325. The Morgan fingerprint density at radius 1 is 1.12 bits per heavy atom. The zero-order chi connectivity index (χ0) is 16.9. The molecule has 0 unspecified atom stereocenters. The van der Waals surface area contributed by atoms with E-state index in [0.717, 1.165) is 42.3 Å². The molecule has 0 bridgehead atoms. The van der Waals surface area contributed by atoms with Gasteiger partial charge in [-0.15, -0.1) is 0 Å². The molecule has 0 spiro atoms. The summed E-state index contributed by atoms with van der Waals surface area (Å²) in [6.07, 6.45) is 9.88. The Bertz CT molecular complexity index is 850. The van der Waals surface area contributed by atoms with Crippen molar-refractivity contribution in [3.8, 4) is 5.95 Å². The van der Waals surface area contributed by atoms with E-state index >= 15 is 0 Å². The van der Waals surface area contributed by atoms with Gasteiger partial charge in [-0.1, -0.05) is 32.8 Å². The van der Waals surface area contributed by atoms with Gasteiger partial charge in [0.05, 0.1) is 11.2 Å². The first-order valence-corrected chi connectivity index (χ1v) is 8.52. The van der Waals surface area contributed by atoms with Crippen LogP contribution in [0.4, 0.5) is 4.39 Å². The maximum Gasteiger partial charge on any atom is 0.234 e. The molecule has 1 aromatic carbocycles. The molecule has 124 valence electrons. The van der Waals surface area contributed by atoms with Crippen molar-refractivity contribution in [3.05, 3.63) is 60.3 Å². The van der Waals surface area contributed by atoms with Gasteiger partial charge in [0.1, 0.15) is 5.82 Å². The zero-order valence-electron chi connectivity index (χ0n) is 14.2. The Morgan fingerprint density at radius 3 is 2.62 bits per heavy atom. The van der Waals surface area contributed by atoms with Crippen LogP contribution in [0.3, 0.4) is 0 Å². The minimum atomic E-state index is -0.251. The van der Waals surface area contributed by atoms with E-state index in [1.165, 1.54) is 11.6 Å². The fraction of sp³-hybridized carbons (Fsp3) is 0.300. The van der Waals surface area contributed by atoms with Gasteiger partial charge in [-0.3, -0.25) is 4.57 Å². The molecule has 3 nitrogen and oxygen atoms in total. The molecule has 0 fully saturated rings. The number of halogens is 1. The van der Waals surface area contributed by atoms with Gasteiger partial charge in [-0.25, -0.2) is 14.4 Å². The average molecular weight is 323 g/mol. The molecule has 2 heterocycles. The number of benzene rings is 1. The Hall–Kier alpha value is -2.49. The van der Waals surface area contributed by atoms with Crippen LogP contribution in [0.15, 0.2) is 48.8 Å². The predicted molar refractivity (Wildman–Crippen MR) is 96.6 cm³/mol. The van der Waals surface area contributed by atoms with Crippen LogP contribution in [0.2, 0.25) is 0 Å². The van der Waals surface area contributed by atoms with Crippen LogP contribution in [0.25, 0.3) is 22.4 Å². The fourth-order valence-corrected chi connectivity index (χ4v) is 2.96. The van der Waals surface area contributed by atoms with Crippen molar-refractivity contribution in [2.45, 2.75) is 39.5 Å². The monoisotopic (exact) mass is 323 g/mol. The van der Waals surface area contributed by atoms with Crippen LogP contribution in [-0.2, 0) is 0 Å². The number of fused-ring (bicyclic) bond motifs is 1. The van der Waals surface area contributed by atoms with Crippen molar-refractivity contribution in [1.29, 1.82) is 0 Å². The minimum Gasteiger partial charge on any atom is -0.278 e. The molecule has 0 amide bonds. The van der Waals surface area contributed by atoms with Gasteiger partial charge >= 0.3 is 0 Å². The number of hydrogen-bond acceptors (Lipinski definition) is 2. The molecule has 0 aliphatic rings. The second-order valence-electron chi connectivity index (χ2n) is 5.88. The number of allylic oxidation sites excluding steroid dienone is 2. The first-order valence-electron chi connectivity index (χ1n) is 8.52. The second-order valence-corrected chi connectivity index (χ2v) is 5.88. The molecule has 3 rings (SSSR count). The highest BCUT2D eigenvalue weighted by Crippen LogP contribution is 2.30. The first-order chi connectivity index (χ1) is 11.7. The Morgan fingerprint density at radius 2 is 1.92 bits per heavy atom. The van der Waals surface area contributed by atoms with E-state index < -0.39 is 0 Å². The molecule has 0 saturated carbocycles. The van der Waals surface area contributed by atoms with Crippen molar-refractivity contribution in [2.24, 2.45) is 0 Å². The largest absolute Gasteiger partial charge is 0.278 e. The molecule has 0 saturated heterocycles. The molecule has 0 radical (unpaired) electrons. The SMILES string of the molecule is CCC/C=C(\CCC)c1cc2ccc(F)cc2n1-c1ncccn1. The average Bonchev–Trinajstić information content (AvgIpc) is 2.97. The molecule has 4 heteroatoms. The lowest BCUT2D eigenvalue weighted by molar-refractivity contribution is 0.629. The zero-order valence-corrected chi connectivity index (χ0v) is 14.2. The number of unbranched alkanes of at least 4 members (excludes halogenated alkanes) is 1. The third-order valence-corrected chi connectivity index (χ3v) is 4.05. The first kappa shape index (κ1) is 16.4. The molecule has 0 atom stereocenters. The van der Waals surface area contributed by atoms with Gasteiger partial charge in [0, 0.05) is 17.8 Å². The summed E-state index contributed by atoms with van der Waals surface area (Å²) in [6, 6.07) is 8.77. The minimum absolute atomic E-state index is 0.251. The molecule has 24 heavy (non-hydrogen) atoms. The van der Waals surface area contributed by atoms with E-state index in [1.54, 1.807) is 24.5 Å². The lowest BCUT2D eigenvalue weighted by Crippen LogP contribution is -2.04. The Balaban J connectivity index is 2.26. The van der Waals surface area contributed by atoms with Crippen molar-refractivity contribution < 1.29 is 4.39 Å². The molecular weight excluding hydrogens is 301 g/mol. The smallest absolute Gasteiger partial charge is 0.234 e. The summed E-state index contributed by atoms with van der Waals surface area (Å²) in [7, 11) is 0. The quantitative estimate of drug-likeness (QED) is 0.596. The van der Waals surface area contributed by atoms with Crippen molar-refractivity contribution in [1.82, 2.24) is 14.5 Å². The van der Waals surface area contributed by atoms with Crippen LogP contribution in [-0.4, -0.2) is 14.5 Å². The normalized spacial score (nSPS) is 12.0. The molecular formula is C20H22FN3. The van der Waals surface area contributed by atoms with Crippen molar-refractivity contribution in [2.75, 3.05) is 0 Å². The third kappa shape index (κ3) is 3.23. The van der Waals surface area contributed by atoms with Gasteiger partial charge in [0.25, 0.3) is 0 Å². The number of aromatic nitrogens is 3. The third-order valence-electron chi connectivity index (χ3n) is 4.05. The highest BCUT2D eigenvalue weighted by atomic mass is 19.1. The number of hydrogen-bond donors (Lipinski definition) is 0. The van der Waals surface area contributed by atoms with Gasteiger partial charge in [-0.2, -0.15) is 0 Å². The van der Waals surface area contributed by atoms with Crippen LogP contribution >= 0.6 is 0 Å². The van der Waals surface area contributed by atoms with E-state index in [9.17, 15) is 4.39 Å². The van der Waals surface area contributed by atoms with Crippen LogP contribution in [0.5, 0.6) is 0 Å². The summed E-state index contributed by atoms with van der Waals surface area (Å²) < 4.78 is 15.8. The predicted octanol–water partition coefficient (Wildman–Crippen LogP) is 5.54. The van der Waals surface area contributed by atoms with Crippen LogP contribution in [0.1, 0.15) is 45.2 Å². The molecule has 3 aromatic rings. The summed E-state index contributed by atoms with van der Waals surface area (Å²) in [4.78, 5) is 8.77. The number of rotatable bonds is 6. The maximum absolute atomic E-state index is 13.8. The summed E-state index contributed by atoms with van der Waals surface area (Å²) in [5.41, 5.74) is 3.12. The second kappa shape index (κ2) is 7.39. The van der Waals surface area contributed by atoms with Crippen molar-refractivity contribution in [3.63, 3.8) is 0 Å².